The molecule has 2 atom stereocenters. The minimum Gasteiger partial charge on any atom is -0.369 e. The number of rotatable bonds is 3. The molecule has 6 heteroatoms. The van der Waals surface area contributed by atoms with E-state index < -0.39 is 18.2 Å². The van der Waals surface area contributed by atoms with Gasteiger partial charge in [0.1, 0.15) is 6.04 Å². The van der Waals surface area contributed by atoms with E-state index in [1.807, 2.05) is 30.3 Å². The summed E-state index contributed by atoms with van der Waals surface area (Å²) in [5.74, 6) is -1.07. The average molecular weight is 350 g/mol. The van der Waals surface area contributed by atoms with Crippen molar-refractivity contribution in [2.75, 3.05) is 0 Å². The summed E-state index contributed by atoms with van der Waals surface area (Å²) in [6.07, 6.45) is -0.782. The van der Waals surface area contributed by atoms with Gasteiger partial charge in [-0.1, -0.05) is 48.5 Å². The Kier molecular flexibility index (Phi) is 4.05. The molecule has 1 fully saturated rings. The molecule has 1 N–H and O–H groups in total. The maximum absolute atomic E-state index is 13.0. The SMILES string of the molecule is O=C1CCC(N2C(=O)c3ccccc3C2O)C(=O)N1Cc1ccccc1. The summed E-state index contributed by atoms with van der Waals surface area (Å²) in [5.41, 5.74) is 1.74. The fraction of sp³-hybridized carbons (Fsp3) is 0.250. The van der Waals surface area contributed by atoms with Gasteiger partial charge < -0.3 is 5.11 Å². The Hall–Kier alpha value is -2.99. The number of carbonyl (C=O) groups excluding carboxylic acids is 3. The summed E-state index contributed by atoms with van der Waals surface area (Å²) in [6.45, 7) is 0.167. The lowest BCUT2D eigenvalue weighted by Crippen LogP contribution is -2.55. The molecule has 2 aliphatic heterocycles. The molecule has 6 nitrogen and oxygen atoms in total. The largest absolute Gasteiger partial charge is 0.369 e. The number of imide groups is 1. The van der Waals surface area contributed by atoms with Gasteiger partial charge in [-0.2, -0.15) is 0 Å². The van der Waals surface area contributed by atoms with Gasteiger partial charge in [0, 0.05) is 17.5 Å². The van der Waals surface area contributed by atoms with Crippen LogP contribution < -0.4 is 0 Å². The van der Waals surface area contributed by atoms with Crippen molar-refractivity contribution in [2.24, 2.45) is 0 Å². The molecule has 2 unspecified atom stereocenters. The van der Waals surface area contributed by atoms with E-state index in [9.17, 15) is 19.5 Å². The number of nitrogens with zero attached hydrogens (tertiary/aromatic N) is 2. The van der Waals surface area contributed by atoms with Gasteiger partial charge in [-0.3, -0.25) is 24.2 Å². The van der Waals surface area contributed by atoms with Crippen molar-refractivity contribution in [2.45, 2.75) is 31.7 Å². The molecule has 0 radical (unpaired) electrons. The second-order valence-corrected chi connectivity index (χ2v) is 6.53. The third-order valence-corrected chi connectivity index (χ3v) is 4.97. The number of likely N-dealkylation sites (tertiary alicyclic amines) is 1. The average Bonchev–Trinajstić information content (AvgIpc) is 2.91. The second-order valence-electron chi connectivity index (χ2n) is 6.53. The number of hydrogen-bond donors (Lipinski definition) is 1. The Balaban J connectivity index is 1.61. The van der Waals surface area contributed by atoms with Crippen molar-refractivity contribution in [3.63, 3.8) is 0 Å². The highest BCUT2D eigenvalue weighted by Gasteiger charge is 2.46. The molecular weight excluding hydrogens is 332 g/mol. The zero-order chi connectivity index (χ0) is 18.3. The smallest absolute Gasteiger partial charge is 0.257 e. The Morgan fingerprint density at radius 2 is 1.65 bits per heavy atom. The molecule has 0 saturated carbocycles. The zero-order valence-corrected chi connectivity index (χ0v) is 14.0. The van der Waals surface area contributed by atoms with Crippen LogP contribution in [0.2, 0.25) is 0 Å². The molecule has 1 saturated heterocycles. The van der Waals surface area contributed by atoms with Crippen LogP contribution in [0.1, 0.15) is 40.6 Å². The van der Waals surface area contributed by atoms with Crippen LogP contribution in [0, 0.1) is 0 Å². The van der Waals surface area contributed by atoms with Crippen LogP contribution in [0.25, 0.3) is 0 Å². The van der Waals surface area contributed by atoms with E-state index in [1.54, 1.807) is 24.3 Å². The summed E-state index contributed by atoms with van der Waals surface area (Å²) in [7, 11) is 0. The first-order valence-corrected chi connectivity index (χ1v) is 8.55. The molecule has 0 spiro atoms. The number of aliphatic hydroxyl groups excluding tert-OH is 1. The molecule has 132 valence electrons. The standard InChI is InChI=1S/C20H18N2O4/c23-17-11-10-16(20(26)21(17)12-13-6-2-1-3-7-13)22-18(24)14-8-4-5-9-15(14)19(22)25/h1-9,16,18,24H,10-12H2. The first-order chi connectivity index (χ1) is 12.6. The number of benzene rings is 2. The van der Waals surface area contributed by atoms with Gasteiger partial charge in [0.2, 0.25) is 5.91 Å². The summed E-state index contributed by atoms with van der Waals surface area (Å²) in [6, 6.07) is 15.2. The third kappa shape index (κ3) is 2.59. The van der Waals surface area contributed by atoms with Gasteiger partial charge in [0.05, 0.1) is 6.54 Å². The lowest BCUT2D eigenvalue weighted by atomic mass is 10.0. The quantitative estimate of drug-likeness (QED) is 0.857. The minimum atomic E-state index is -1.17. The first kappa shape index (κ1) is 16.5. The molecule has 26 heavy (non-hydrogen) atoms. The second kappa shape index (κ2) is 6.38. The number of amides is 3. The van der Waals surface area contributed by atoms with Gasteiger partial charge in [-0.25, -0.2) is 0 Å². The van der Waals surface area contributed by atoms with Crippen molar-refractivity contribution in [1.29, 1.82) is 0 Å². The first-order valence-electron chi connectivity index (χ1n) is 8.55. The molecule has 2 aromatic carbocycles. The molecule has 3 amide bonds. The number of hydrogen-bond acceptors (Lipinski definition) is 4. The van der Waals surface area contributed by atoms with Crippen LogP contribution in [-0.2, 0) is 16.1 Å². The fourth-order valence-electron chi connectivity index (χ4n) is 3.64. The minimum absolute atomic E-state index is 0.163. The Morgan fingerprint density at radius 1 is 0.962 bits per heavy atom. The van der Waals surface area contributed by atoms with Crippen LogP contribution in [0.3, 0.4) is 0 Å². The lowest BCUT2D eigenvalue weighted by Gasteiger charge is -2.37. The van der Waals surface area contributed by atoms with Crippen LogP contribution >= 0.6 is 0 Å². The molecule has 2 aromatic rings. The van der Waals surface area contributed by atoms with Crippen LogP contribution in [-0.4, -0.2) is 38.7 Å². The van der Waals surface area contributed by atoms with Crippen molar-refractivity contribution in [3.05, 3.63) is 71.3 Å². The maximum Gasteiger partial charge on any atom is 0.257 e. The van der Waals surface area contributed by atoms with Crippen molar-refractivity contribution in [3.8, 4) is 0 Å². The van der Waals surface area contributed by atoms with Crippen molar-refractivity contribution in [1.82, 2.24) is 9.80 Å². The highest BCUT2D eigenvalue weighted by atomic mass is 16.3. The molecule has 4 rings (SSSR count). The fourth-order valence-corrected chi connectivity index (χ4v) is 3.64. The Bertz CT molecular complexity index is 880. The van der Waals surface area contributed by atoms with Gasteiger partial charge in [-0.05, 0) is 18.1 Å². The molecule has 0 aliphatic carbocycles. The van der Waals surface area contributed by atoms with E-state index in [4.69, 9.17) is 0 Å². The molecule has 0 aromatic heterocycles. The molecule has 2 aliphatic rings. The van der Waals surface area contributed by atoms with Gasteiger partial charge >= 0.3 is 0 Å². The van der Waals surface area contributed by atoms with E-state index in [0.717, 1.165) is 5.56 Å². The van der Waals surface area contributed by atoms with E-state index in [2.05, 4.69) is 0 Å². The van der Waals surface area contributed by atoms with Crippen LogP contribution in [0.5, 0.6) is 0 Å². The Morgan fingerprint density at radius 3 is 2.38 bits per heavy atom. The lowest BCUT2D eigenvalue weighted by molar-refractivity contribution is -0.155. The van der Waals surface area contributed by atoms with Gasteiger partial charge in [0.25, 0.3) is 11.8 Å². The summed E-state index contributed by atoms with van der Waals surface area (Å²) in [5, 5.41) is 10.6. The normalized spacial score (nSPS) is 22.7. The number of fused-ring (bicyclic) bond motifs is 1. The number of aliphatic hydroxyl groups is 1. The molecular formula is C20H18N2O4. The molecule has 0 bridgehead atoms. The Labute approximate surface area is 150 Å². The summed E-state index contributed by atoms with van der Waals surface area (Å²) in [4.78, 5) is 40.4. The van der Waals surface area contributed by atoms with E-state index in [-0.39, 0.29) is 31.2 Å². The van der Waals surface area contributed by atoms with Crippen molar-refractivity contribution < 1.29 is 19.5 Å². The van der Waals surface area contributed by atoms with E-state index in [0.29, 0.717) is 11.1 Å². The summed E-state index contributed by atoms with van der Waals surface area (Å²) < 4.78 is 0. The van der Waals surface area contributed by atoms with Gasteiger partial charge in [0.15, 0.2) is 6.23 Å². The molecule has 2 heterocycles. The van der Waals surface area contributed by atoms with Crippen LogP contribution in [0.15, 0.2) is 54.6 Å². The number of piperidine rings is 1. The topological polar surface area (TPSA) is 77.9 Å². The third-order valence-electron chi connectivity index (χ3n) is 4.97. The van der Waals surface area contributed by atoms with E-state index >= 15 is 0 Å². The van der Waals surface area contributed by atoms with Crippen LogP contribution in [0.4, 0.5) is 0 Å². The predicted octanol–water partition coefficient (Wildman–Crippen LogP) is 1.85. The number of carbonyl (C=O) groups is 3. The van der Waals surface area contributed by atoms with E-state index in [1.165, 1.54) is 9.80 Å². The highest BCUT2D eigenvalue weighted by Crippen LogP contribution is 2.36. The maximum atomic E-state index is 13.0. The highest BCUT2D eigenvalue weighted by molar-refractivity contribution is 6.05. The predicted molar refractivity (Wildman–Crippen MR) is 92.6 cm³/mol. The van der Waals surface area contributed by atoms with Crippen molar-refractivity contribution >= 4 is 17.7 Å². The van der Waals surface area contributed by atoms with Gasteiger partial charge in [-0.15, -0.1) is 0 Å². The zero-order valence-electron chi connectivity index (χ0n) is 14.0. The monoisotopic (exact) mass is 350 g/mol. The summed E-state index contributed by atoms with van der Waals surface area (Å²) >= 11 is 0.